The first kappa shape index (κ1) is 12.6. The van der Waals surface area contributed by atoms with Crippen LogP contribution in [-0.4, -0.2) is 54.5 Å². The maximum Gasteiger partial charge on any atom is 0.192 e. The van der Waals surface area contributed by atoms with Crippen LogP contribution in [0.15, 0.2) is 11.2 Å². The molecule has 1 aliphatic heterocycles. The summed E-state index contributed by atoms with van der Waals surface area (Å²) in [7, 11) is 4.08. The molecule has 1 aromatic heterocycles. The van der Waals surface area contributed by atoms with E-state index in [0.29, 0.717) is 16.8 Å². The van der Waals surface area contributed by atoms with Gasteiger partial charge in [-0.3, -0.25) is 4.99 Å². The van der Waals surface area contributed by atoms with E-state index in [-0.39, 0.29) is 6.04 Å². The normalized spacial score (nSPS) is 20.1. The smallest absolute Gasteiger partial charge is 0.192 e. The summed E-state index contributed by atoms with van der Waals surface area (Å²) in [5, 5.41) is 0.984. The summed E-state index contributed by atoms with van der Waals surface area (Å²) in [4.78, 5) is 12.8. The lowest BCUT2D eigenvalue weighted by atomic mass is 10.3. The fourth-order valence-electron chi connectivity index (χ4n) is 1.74. The van der Waals surface area contributed by atoms with Gasteiger partial charge in [-0.25, -0.2) is 4.98 Å². The van der Waals surface area contributed by atoms with Crippen LogP contribution in [0.3, 0.4) is 0 Å². The zero-order chi connectivity index (χ0) is 12.4. The quantitative estimate of drug-likeness (QED) is 0.890. The van der Waals surface area contributed by atoms with E-state index in [1.165, 1.54) is 11.3 Å². The van der Waals surface area contributed by atoms with Crippen LogP contribution in [0, 0.1) is 0 Å². The number of likely N-dealkylation sites (N-methyl/N-ethyl adjacent to an activating group) is 1. The van der Waals surface area contributed by atoms with Gasteiger partial charge in [-0.15, -0.1) is 11.3 Å². The van der Waals surface area contributed by atoms with Crippen LogP contribution >= 0.6 is 22.9 Å². The van der Waals surface area contributed by atoms with E-state index in [4.69, 9.17) is 17.3 Å². The topological polar surface area (TPSA) is 57.8 Å². The fourth-order valence-corrected chi connectivity index (χ4v) is 2.77. The zero-order valence-corrected chi connectivity index (χ0v) is 11.5. The minimum atomic E-state index is 0.146. The van der Waals surface area contributed by atoms with Gasteiger partial charge in [0.15, 0.2) is 5.96 Å². The Bertz CT molecular complexity index is 417. The summed E-state index contributed by atoms with van der Waals surface area (Å²) in [6.07, 6.45) is 1.68. The third kappa shape index (κ3) is 2.88. The average molecular weight is 274 g/mol. The van der Waals surface area contributed by atoms with Gasteiger partial charge in [0, 0.05) is 13.1 Å². The highest BCUT2D eigenvalue weighted by Gasteiger charge is 2.29. The minimum Gasteiger partial charge on any atom is -0.370 e. The second-order valence-corrected chi connectivity index (χ2v) is 5.91. The van der Waals surface area contributed by atoms with Crippen LogP contribution in [0.4, 0.5) is 0 Å². The maximum absolute atomic E-state index is 5.91. The lowest BCUT2D eigenvalue weighted by Crippen LogP contribution is -2.40. The molecular formula is C10H16ClN5S. The number of aliphatic imine (C=N–C) groups is 1. The van der Waals surface area contributed by atoms with Crippen molar-refractivity contribution in [3.05, 3.63) is 15.5 Å². The van der Waals surface area contributed by atoms with Crippen molar-refractivity contribution in [2.45, 2.75) is 6.04 Å². The van der Waals surface area contributed by atoms with E-state index in [2.05, 4.69) is 19.8 Å². The molecule has 0 spiro atoms. The van der Waals surface area contributed by atoms with Gasteiger partial charge in [0.05, 0.1) is 12.7 Å². The van der Waals surface area contributed by atoms with Crippen LogP contribution in [0.25, 0.3) is 0 Å². The Labute approximate surface area is 110 Å². The number of thiazole rings is 1. The second-order valence-electron chi connectivity index (χ2n) is 4.21. The number of nitrogens with zero attached hydrogens (tertiary/aromatic N) is 4. The van der Waals surface area contributed by atoms with Crippen LogP contribution in [0.5, 0.6) is 0 Å². The fraction of sp³-hybridized carbons (Fsp3) is 0.600. The number of hydrogen-bond donors (Lipinski definition) is 1. The summed E-state index contributed by atoms with van der Waals surface area (Å²) in [5.41, 5.74) is 5.90. The number of nitrogens with two attached hydrogens (primary N) is 1. The molecule has 0 fully saturated rings. The molecule has 1 atom stereocenters. The van der Waals surface area contributed by atoms with Crippen LogP contribution in [-0.2, 0) is 0 Å². The minimum absolute atomic E-state index is 0.146. The molecule has 2 N–H and O–H groups in total. The third-order valence-corrected chi connectivity index (χ3v) is 3.88. The van der Waals surface area contributed by atoms with Gasteiger partial charge in [0.25, 0.3) is 0 Å². The number of guanidine groups is 1. The van der Waals surface area contributed by atoms with Gasteiger partial charge in [-0.1, -0.05) is 11.6 Å². The molecule has 94 valence electrons. The summed E-state index contributed by atoms with van der Waals surface area (Å²) in [6.45, 7) is 2.46. The van der Waals surface area contributed by atoms with Crippen molar-refractivity contribution < 1.29 is 0 Å². The summed E-state index contributed by atoms with van der Waals surface area (Å²) in [5.74, 6) is 0.600. The maximum atomic E-state index is 5.91. The van der Waals surface area contributed by atoms with Crippen molar-refractivity contribution in [2.24, 2.45) is 10.7 Å². The number of aromatic nitrogens is 1. The molecule has 1 aliphatic rings. The standard InChI is InChI=1S/C10H16ClN5S/c1-15(2)3-4-16-7(5-14-10(16)12)9-13-6-8(11)17-9/h6-7H,3-5H2,1-2H3,(H2,12,14). The van der Waals surface area contributed by atoms with E-state index < -0.39 is 0 Å². The Balaban J connectivity index is 2.07. The van der Waals surface area contributed by atoms with Crippen LogP contribution in [0.1, 0.15) is 11.0 Å². The Morgan fingerprint density at radius 2 is 2.41 bits per heavy atom. The molecule has 0 amide bonds. The average Bonchev–Trinajstić information content (AvgIpc) is 2.82. The Morgan fingerprint density at radius 3 is 3.00 bits per heavy atom. The molecule has 0 saturated carbocycles. The predicted molar refractivity (Wildman–Crippen MR) is 71.6 cm³/mol. The van der Waals surface area contributed by atoms with Crippen LogP contribution in [0.2, 0.25) is 4.34 Å². The van der Waals surface area contributed by atoms with E-state index in [9.17, 15) is 0 Å². The van der Waals surface area contributed by atoms with Crippen molar-refractivity contribution in [3.8, 4) is 0 Å². The Kier molecular flexibility index (Phi) is 3.86. The molecule has 0 aliphatic carbocycles. The molecule has 2 heterocycles. The molecule has 0 saturated heterocycles. The van der Waals surface area contributed by atoms with Crippen LogP contribution < -0.4 is 5.73 Å². The predicted octanol–water partition coefficient (Wildman–Crippen LogP) is 1.03. The third-order valence-electron chi connectivity index (χ3n) is 2.67. The lowest BCUT2D eigenvalue weighted by molar-refractivity contribution is 0.293. The molecule has 17 heavy (non-hydrogen) atoms. The molecule has 1 unspecified atom stereocenters. The van der Waals surface area contributed by atoms with Crippen molar-refractivity contribution in [1.29, 1.82) is 0 Å². The van der Waals surface area contributed by atoms with Gasteiger partial charge in [0.2, 0.25) is 0 Å². The second kappa shape index (κ2) is 5.20. The van der Waals surface area contributed by atoms with Crippen molar-refractivity contribution >= 4 is 28.9 Å². The largest absolute Gasteiger partial charge is 0.370 e. The SMILES string of the molecule is CN(C)CCN1C(N)=NCC1c1ncc(Cl)s1. The van der Waals surface area contributed by atoms with Gasteiger partial charge >= 0.3 is 0 Å². The van der Waals surface area contributed by atoms with Gasteiger partial charge in [0.1, 0.15) is 15.4 Å². The molecule has 1 aromatic rings. The molecular weight excluding hydrogens is 258 g/mol. The molecule has 0 aromatic carbocycles. The highest BCUT2D eigenvalue weighted by Crippen LogP contribution is 2.30. The Morgan fingerprint density at radius 1 is 1.65 bits per heavy atom. The highest BCUT2D eigenvalue weighted by molar-refractivity contribution is 7.15. The zero-order valence-electron chi connectivity index (χ0n) is 9.93. The lowest BCUT2D eigenvalue weighted by Gasteiger charge is -2.26. The first-order chi connectivity index (χ1) is 8.08. The summed E-state index contributed by atoms with van der Waals surface area (Å²) >= 11 is 7.41. The van der Waals surface area contributed by atoms with Gasteiger partial charge in [-0.05, 0) is 14.1 Å². The van der Waals surface area contributed by atoms with Crippen molar-refractivity contribution in [1.82, 2.24) is 14.8 Å². The first-order valence-electron chi connectivity index (χ1n) is 5.40. The van der Waals surface area contributed by atoms with Gasteiger partial charge < -0.3 is 15.5 Å². The van der Waals surface area contributed by atoms with E-state index in [1.54, 1.807) is 6.20 Å². The first-order valence-corrected chi connectivity index (χ1v) is 6.60. The number of halogens is 1. The van der Waals surface area contributed by atoms with Crippen molar-refractivity contribution in [3.63, 3.8) is 0 Å². The molecule has 2 rings (SSSR count). The monoisotopic (exact) mass is 273 g/mol. The van der Waals surface area contributed by atoms with E-state index in [1.807, 2.05) is 14.1 Å². The summed E-state index contributed by atoms with van der Waals surface area (Å²) in [6, 6.07) is 0.146. The van der Waals surface area contributed by atoms with Crippen molar-refractivity contribution in [2.75, 3.05) is 33.7 Å². The van der Waals surface area contributed by atoms with E-state index in [0.717, 1.165) is 18.1 Å². The number of rotatable bonds is 4. The molecule has 0 bridgehead atoms. The number of hydrogen-bond acceptors (Lipinski definition) is 6. The highest BCUT2D eigenvalue weighted by atomic mass is 35.5. The molecule has 0 radical (unpaired) electrons. The molecule has 5 nitrogen and oxygen atoms in total. The Hall–Kier alpha value is -0.850. The molecule has 7 heteroatoms. The van der Waals surface area contributed by atoms with Gasteiger partial charge in [-0.2, -0.15) is 0 Å². The summed E-state index contributed by atoms with van der Waals surface area (Å²) < 4.78 is 0.707. The van der Waals surface area contributed by atoms with E-state index >= 15 is 0 Å².